The first-order valence-electron chi connectivity index (χ1n) is 12.1. The van der Waals surface area contributed by atoms with Gasteiger partial charge in [-0.1, -0.05) is 44.2 Å². The quantitative estimate of drug-likeness (QED) is 0.361. The Bertz CT molecular complexity index is 735. The smallest absolute Gasteiger partial charge is 0.409 e. The van der Waals surface area contributed by atoms with E-state index in [0.29, 0.717) is 25.9 Å². The molecular weight excluding hydrogens is 422 g/mol. The molecule has 0 unspecified atom stereocenters. The first-order valence-corrected chi connectivity index (χ1v) is 12.1. The van der Waals surface area contributed by atoms with Crippen molar-refractivity contribution in [2.75, 3.05) is 19.7 Å². The lowest BCUT2D eigenvalue weighted by atomic mass is 9.91. The minimum atomic E-state index is -0.919. The molecule has 2 N–H and O–H groups in total. The molecule has 7 nitrogen and oxygen atoms in total. The largest absolute Gasteiger partial charge is 0.457 e. The summed E-state index contributed by atoms with van der Waals surface area (Å²) in [5.41, 5.74) is -0.0473. The van der Waals surface area contributed by atoms with Gasteiger partial charge in [-0.2, -0.15) is 0 Å². The number of cyclic esters (lactones) is 1. The highest BCUT2D eigenvalue weighted by atomic mass is 16.6. The van der Waals surface area contributed by atoms with Crippen LogP contribution in [0.1, 0.15) is 66.2 Å². The zero-order valence-corrected chi connectivity index (χ0v) is 20.5. The van der Waals surface area contributed by atoms with E-state index in [1.54, 1.807) is 11.8 Å². The van der Waals surface area contributed by atoms with Gasteiger partial charge in [-0.05, 0) is 51.5 Å². The molecule has 186 valence electrons. The fraction of sp³-hybridized carbons (Fsp3) is 0.692. The van der Waals surface area contributed by atoms with Crippen molar-refractivity contribution in [3.05, 3.63) is 36.0 Å². The molecule has 7 heteroatoms. The lowest BCUT2D eigenvalue weighted by Gasteiger charge is -2.27. The van der Waals surface area contributed by atoms with Gasteiger partial charge in [0.05, 0.1) is 24.7 Å². The van der Waals surface area contributed by atoms with Gasteiger partial charge in [-0.25, -0.2) is 4.79 Å². The van der Waals surface area contributed by atoms with Gasteiger partial charge in [0.1, 0.15) is 6.10 Å². The van der Waals surface area contributed by atoms with E-state index < -0.39 is 23.8 Å². The van der Waals surface area contributed by atoms with Gasteiger partial charge in [0.25, 0.3) is 0 Å². The molecule has 2 aliphatic heterocycles. The highest BCUT2D eigenvalue weighted by Gasteiger charge is 2.26. The number of aliphatic hydroxyl groups is 2. The number of allylic oxidation sites excluding steroid dienone is 2. The standard InChI is InChI=1S/C26H41NO6/c1-19(18-32-25(30)27-15-5-6-16-27)9-7-10-20(2)24-21(3)11-8-13-26(4,31)14-12-22(28)17-23(29)33-24/h7-11,19,21-22,24,28,31H,5-6,12-18H2,1-4H3/b9-7+,11-8+,20-10+/t19-,21+,22-,24-,26+/m1/s1. The number of aliphatic hydroxyl groups excluding tert-OH is 1. The molecule has 1 amide bonds. The Balaban J connectivity index is 1.99. The lowest BCUT2D eigenvalue weighted by Crippen LogP contribution is -2.30. The van der Waals surface area contributed by atoms with E-state index in [4.69, 9.17) is 9.47 Å². The summed E-state index contributed by atoms with van der Waals surface area (Å²) in [6, 6.07) is 0. The third kappa shape index (κ3) is 9.72. The zero-order valence-electron chi connectivity index (χ0n) is 20.5. The Hall–Kier alpha value is -2.12. The number of rotatable bonds is 5. The first-order chi connectivity index (χ1) is 15.6. The molecule has 2 heterocycles. The van der Waals surface area contributed by atoms with Gasteiger partial charge in [-0.3, -0.25) is 4.79 Å². The summed E-state index contributed by atoms with van der Waals surface area (Å²) in [5.74, 6) is -0.495. The van der Waals surface area contributed by atoms with Crippen LogP contribution in [-0.2, 0) is 14.3 Å². The van der Waals surface area contributed by atoms with Crippen LogP contribution in [-0.4, -0.2) is 64.7 Å². The highest BCUT2D eigenvalue weighted by molar-refractivity contribution is 5.70. The fourth-order valence-electron chi connectivity index (χ4n) is 4.06. The van der Waals surface area contributed by atoms with Crippen LogP contribution in [0.5, 0.6) is 0 Å². The number of amides is 1. The van der Waals surface area contributed by atoms with Crippen molar-refractivity contribution in [3.8, 4) is 0 Å². The van der Waals surface area contributed by atoms with Gasteiger partial charge < -0.3 is 24.6 Å². The van der Waals surface area contributed by atoms with Crippen molar-refractivity contribution < 1.29 is 29.3 Å². The molecule has 0 spiro atoms. The van der Waals surface area contributed by atoms with Crippen molar-refractivity contribution >= 4 is 12.1 Å². The van der Waals surface area contributed by atoms with E-state index in [-0.39, 0.29) is 24.3 Å². The molecule has 1 saturated heterocycles. The monoisotopic (exact) mass is 463 g/mol. The molecule has 0 aromatic rings. The van der Waals surface area contributed by atoms with Crippen LogP contribution in [0.3, 0.4) is 0 Å². The number of nitrogens with zero attached hydrogens (tertiary/aromatic N) is 1. The summed E-state index contributed by atoms with van der Waals surface area (Å²) >= 11 is 0. The average Bonchev–Trinajstić information content (AvgIpc) is 3.28. The molecule has 0 aliphatic carbocycles. The molecule has 1 fully saturated rings. The van der Waals surface area contributed by atoms with Crippen LogP contribution >= 0.6 is 0 Å². The number of carbonyl (C=O) groups excluding carboxylic acids is 2. The van der Waals surface area contributed by atoms with E-state index in [0.717, 1.165) is 31.5 Å². The number of hydrogen-bond donors (Lipinski definition) is 2. The summed E-state index contributed by atoms with van der Waals surface area (Å²) in [6.45, 7) is 9.45. The van der Waals surface area contributed by atoms with E-state index >= 15 is 0 Å². The van der Waals surface area contributed by atoms with Crippen LogP contribution in [0.15, 0.2) is 36.0 Å². The Morgan fingerprint density at radius 3 is 2.79 bits per heavy atom. The summed E-state index contributed by atoms with van der Waals surface area (Å²) < 4.78 is 11.1. The van der Waals surface area contributed by atoms with Crippen molar-refractivity contribution in [1.29, 1.82) is 0 Å². The van der Waals surface area contributed by atoms with E-state index in [1.165, 1.54) is 0 Å². The minimum Gasteiger partial charge on any atom is -0.457 e. The number of esters is 1. The topological polar surface area (TPSA) is 96.3 Å². The summed E-state index contributed by atoms with van der Waals surface area (Å²) in [7, 11) is 0. The molecule has 2 aliphatic rings. The minimum absolute atomic E-state index is 0.0501. The molecule has 0 aromatic heterocycles. The third-order valence-corrected chi connectivity index (χ3v) is 6.23. The lowest BCUT2D eigenvalue weighted by molar-refractivity contribution is -0.151. The van der Waals surface area contributed by atoms with Gasteiger partial charge in [0.15, 0.2) is 0 Å². The predicted octanol–water partition coefficient (Wildman–Crippen LogP) is 4.15. The number of carbonyl (C=O) groups is 2. The molecule has 33 heavy (non-hydrogen) atoms. The summed E-state index contributed by atoms with van der Waals surface area (Å²) in [5, 5.41) is 20.6. The van der Waals surface area contributed by atoms with Crippen LogP contribution in [0.25, 0.3) is 0 Å². The Labute approximate surface area is 198 Å². The zero-order chi connectivity index (χ0) is 24.4. The Kier molecular flexibility index (Phi) is 10.6. The summed E-state index contributed by atoms with van der Waals surface area (Å²) in [6.07, 6.45) is 11.3. The molecule has 0 saturated carbocycles. The van der Waals surface area contributed by atoms with Crippen molar-refractivity contribution in [2.24, 2.45) is 11.8 Å². The summed E-state index contributed by atoms with van der Waals surface area (Å²) in [4.78, 5) is 26.2. The second-order valence-corrected chi connectivity index (χ2v) is 9.84. The maximum atomic E-state index is 12.4. The van der Waals surface area contributed by atoms with Crippen LogP contribution in [0, 0.1) is 11.8 Å². The number of ether oxygens (including phenoxy) is 2. The van der Waals surface area contributed by atoms with E-state index in [9.17, 15) is 19.8 Å². The highest BCUT2D eigenvalue weighted by Crippen LogP contribution is 2.24. The average molecular weight is 464 g/mol. The fourth-order valence-corrected chi connectivity index (χ4v) is 4.06. The van der Waals surface area contributed by atoms with Gasteiger partial charge in [-0.15, -0.1) is 0 Å². The molecule has 5 atom stereocenters. The Morgan fingerprint density at radius 2 is 2.09 bits per heavy atom. The van der Waals surface area contributed by atoms with Gasteiger partial charge in [0, 0.05) is 24.9 Å². The van der Waals surface area contributed by atoms with Crippen molar-refractivity contribution in [1.82, 2.24) is 4.90 Å². The second kappa shape index (κ2) is 12.9. The normalized spacial score (nSPS) is 32.1. The molecule has 0 bridgehead atoms. The van der Waals surface area contributed by atoms with Crippen LogP contribution in [0.4, 0.5) is 4.79 Å². The predicted molar refractivity (Wildman–Crippen MR) is 127 cm³/mol. The maximum absolute atomic E-state index is 12.4. The van der Waals surface area contributed by atoms with E-state index in [1.807, 2.05) is 51.2 Å². The number of hydrogen-bond acceptors (Lipinski definition) is 6. The molecule has 0 aromatic carbocycles. The van der Waals surface area contributed by atoms with Gasteiger partial charge in [0.2, 0.25) is 0 Å². The third-order valence-electron chi connectivity index (χ3n) is 6.23. The number of likely N-dealkylation sites (tertiary alicyclic amines) is 1. The maximum Gasteiger partial charge on any atom is 0.409 e. The molecule has 0 radical (unpaired) electrons. The van der Waals surface area contributed by atoms with Gasteiger partial charge >= 0.3 is 12.1 Å². The first kappa shape index (κ1) is 27.1. The van der Waals surface area contributed by atoms with Crippen LogP contribution in [0.2, 0.25) is 0 Å². The molecular formula is C26H41NO6. The molecule has 2 rings (SSSR count). The van der Waals surface area contributed by atoms with Crippen molar-refractivity contribution in [3.63, 3.8) is 0 Å². The SMILES string of the molecule is C/C(=C\C=C\[C@@H](C)COC(=O)N1CCCC1)[C@H]1OC(=O)C[C@H](O)CC[C@@](C)(O)C/C=C/[C@@H]1C. The van der Waals surface area contributed by atoms with Crippen molar-refractivity contribution in [2.45, 2.75) is 84.0 Å². The Morgan fingerprint density at radius 1 is 1.39 bits per heavy atom. The second-order valence-electron chi connectivity index (χ2n) is 9.84. The van der Waals surface area contributed by atoms with E-state index in [2.05, 4.69) is 0 Å². The van der Waals surface area contributed by atoms with Crippen LogP contribution < -0.4 is 0 Å².